The molecule has 6 heteroatoms. The van der Waals surface area contributed by atoms with Crippen LogP contribution in [-0.2, 0) is 13.0 Å². The molecule has 1 atom stereocenters. The van der Waals surface area contributed by atoms with Gasteiger partial charge in [0.05, 0.1) is 6.54 Å². The first-order valence-electron chi connectivity index (χ1n) is 8.37. The fourth-order valence-electron chi connectivity index (χ4n) is 3.14. The van der Waals surface area contributed by atoms with Gasteiger partial charge in [0.25, 0.3) is 5.91 Å². The van der Waals surface area contributed by atoms with Crippen LogP contribution in [0.5, 0.6) is 0 Å². The van der Waals surface area contributed by atoms with Gasteiger partial charge in [-0.2, -0.15) is 0 Å². The Bertz CT molecular complexity index is 691. The molecule has 2 aromatic heterocycles. The summed E-state index contributed by atoms with van der Waals surface area (Å²) >= 11 is 0. The Morgan fingerprint density at radius 3 is 2.88 bits per heavy atom. The van der Waals surface area contributed by atoms with Crippen LogP contribution in [0.3, 0.4) is 0 Å². The lowest BCUT2D eigenvalue weighted by molar-refractivity contribution is 0.0778. The maximum absolute atomic E-state index is 12.8. The third-order valence-electron chi connectivity index (χ3n) is 4.60. The van der Waals surface area contributed by atoms with Gasteiger partial charge < -0.3 is 4.90 Å². The number of carbonyl (C=O) groups is 1. The first-order chi connectivity index (χ1) is 11.7. The van der Waals surface area contributed by atoms with E-state index in [1.807, 2.05) is 24.0 Å². The van der Waals surface area contributed by atoms with Crippen molar-refractivity contribution in [3.8, 4) is 0 Å². The van der Waals surface area contributed by atoms with Crippen LogP contribution in [0.4, 0.5) is 0 Å². The first-order valence-corrected chi connectivity index (χ1v) is 8.37. The van der Waals surface area contributed by atoms with Crippen molar-refractivity contribution in [2.24, 2.45) is 0 Å². The van der Waals surface area contributed by atoms with E-state index >= 15 is 0 Å². The average Bonchev–Trinajstić information content (AvgIpc) is 3.12. The van der Waals surface area contributed by atoms with Crippen molar-refractivity contribution < 1.29 is 4.79 Å². The van der Waals surface area contributed by atoms with E-state index in [4.69, 9.17) is 0 Å². The Labute approximate surface area is 142 Å². The van der Waals surface area contributed by atoms with E-state index in [9.17, 15) is 4.79 Å². The number of nitrogens with zero attached hydrogens (tertiary/aromatic N) is 5. The van der Waals surface area contributed by atoms with E-state index in [0.29, 0.717) is 12.6 Å². The highest BCUT2D eigenvalue weighted by Gasteiger charge is 2.30. The lowest BCUT2D eigenvalue weighted by atomic mass is 10.1. The number of pyridine rings is 1. The minimum atomic E-state index is 0.112. The van der Waals surface area contributed by atoms with Crippen LogP contribution in [0.1, 0.15) is 35.1 Å². The first kappa shape index (κ1) is 16.5. The fraction of sp³-hybridized carbons (Fsp3) is 0.444. The standard InChI is InChI=1S/C18H23N5O/c1-3-14-11-19-9-5-16(14)18(24)23-10-6-15(12-23)22(2)13-17-20-7-4-8-21-17/h4-5,7-9,11,15H,3,6,10,12-13H2,1-2H3/t15-/m1/s1. The van der Waals surface area contributed by atoms with Crippen LogP contribution in [-0.4, -0.2) is 56.8 Å². The highest BCUT2D eigenvalue weighted by molar-refractivity contribution is 5.95. The molecule has 0 unspecified atom stereocenters. The fourth-order valence-corrected chi connectivity index (χ4v) is 3.14. The van der Waals surface area contributed by atoms with Crippen molar-refractivity contribution in [1.29, 1.82) is 0 Å². The van der Waals surface area contributed by atoms with Crippen molar-refractivity contribution in [3.05, 3.63) is 53.9 Å². The molecular formula is C18H23N5O. The summed E-state index contributed by atoms with van der Waals surface area (Å²) in [5, 5.41) is 0. The van der Waals surface area contributed by atoms with Crippen LogP contribution in [0, 0.1) is 0 Å². The summed E-state index contributed by atoms with van der Waals surface area (Å²) < 4.78 is 0. The SMILES string of the molecule is CCc1cnccc1C(=O)N1CC[C@@H](N(C)Cc2ncccn2)C1. The summed E-state index contributed by atoms with van der Waals surface area (Å²) in [6.07, 6.45) is 8.80. The minimum Gasteiger partial charge on any atom is -0.337 e. The zero-order chi connectivity index (χ0) is 16.9. The monoisotopic (exact) mass is 325 g/mol. The van der Waals surface area contributed by atoms with Gasteiger partial charge in [0, 0.05) is 49.5 Å². The number of amides is 1. The Kier molecular flexibility index (Phi) is 5.15. The number of likely N-dealkylation sites (N-methyl/N-ethyl adjacent to an activating group) is 1. The number of aryl methyl sites for hydroxylation is 1. The maximum Gasteiger partial charge on any atom is 0.254 e. The molecule has 6 nitrogen and oxygen atoms in total. The van der Waals surface area contributed by atoms with E-state index in [2.05, 4.69) is 26.9 Å². The average molecular weight is 325 g/mol. The highest BCUT2D eigenvalue weighted by atomic mass is 16.2. The normalized spacial score (nSPS) is 17.5. The van der Waals surface area contributed by atoms with E-state index in [1.54, 1.807) is 24.8 Å². The molecule has 0 bridgehead atoms. The smallest absolute Gasteiger partial charge is 0.254 e. The molecule has 3 rings (SSSR count). The lowest BCUT2D eigenvalue weighted by Gasteiger charge is -2.24. The van der Waals surface area contributed by atoms with Crippen molar-refractivity contribution in [3.63, 3.8) is 0 Å². The molecule has 1 aliphatic rings. The zero-order valence-corrected chi connectivity index (χ0v) is 14.2. The molecule has 0 aromatic carbocycles. The molecule has 0 saturated carbocycles. The second-order valence-corrected chi connectivity index (χ2v) is 6.16. The molecule has 3 heterocycles. The molecule has 2 aromatic rings. The van der Waals surface area contributed by atoms with Gasteiger partial charge in [-0.15, -0.1) is 0 Å². The summed E-state index contributed by atoms with van der Waals surface area (Å²) in [4.78, 5) is 29.7. The van der Waals surface area contributed by atoms with E-state index < -0.39 is 0 Å². The number of hydrogen-bond acceptors (Lipinski definition) is 5. The van der Waals surface area contributed by atoms with Crippen molar-refractivity contribution >= 4 is 5.91 Å². The molecule has 0 radical (unpaired) electrons. The molecule has 0 N–H and O–H groups in total. The predicted octanol–water partition coefficient (Wildman–Crippen LogP) is 1.78. The predicted molar refractivity (Wildman–Crippen MR) is 91.4 cm³/mol. The third kappa shape index (κ3) is 3.59. The zero-order valence-electron chi connectivity index (χ0n) is 14.2. The lowest BCUT2D eigenvalue weighted by Crippen LogP contribution is -2.36. The van der Waals surface area contributed by atoms with Crippen LogP contribution in [0.15, 0.2) is 36.9 Å². The summed E-state index contributed by atoms with van der Waals surface area (Å²) in [5.41, 5.74) is 1.79. The number of aromatic nitrogens is 3. The molecule has 1 fully saturated rings. The van der Waals surface area contributed by atoms with Gasteiger partial charge >= 0.3 is 0 Å². The molecule has 1 aliphatic heterocycles. The molecule has 1 saturated heterocycles. The van der Waals surface area contributed by atoms with Crippen molar-refractivity contribution in [1.82, 2.24) is 24.8 Å². The number of hydrogen-bond donors (Lipinski definition) is 0. The Hall–Kier alpha value is -2.34. The van der Waals surface area contributed by atoms with Gasteiger partial charge in [-0.25, -0.2) is 9.97 Å². The van der Waals surface area contributed by atoms with Crippen LogP contribution < -0.4 is 0 Å². The second kappa shape index (κ2) is 7.49. The highest BCUT2D eigenvalue weighted by Crippen LogP contribution is 2.19. The third-order valence-corrected chi connectivity index (χ3v) is 4.60. The van der Waals surface area contributed by atoms with Gasteiger partial charge in [-0.1, -0.05) is 6.92 Å². The van der Waals surface area contributed by atoms with E-state index in [-0.39, 0.29) is 5.91 Å². The Balaban J connectivity index is 1.63. The van der Waals surface area contributed by atoms with Crippen molar-refractivity contribution in [2.75, 3.05) is 20.1 Å². The topological polar surface area (TPSA) is 62.2 Å². The largest absolute Gasteiger partial charge is 0.337 e. The Morgan fingerprint density at radius 2 is 2.12 bits per heavy atom. The van der Waals surface area contributed by atoms with Gasteiger partial charge in [-0.05, 0) is 37.6 Å². The molecule has 1 amide bonds. The summed E-state index contributed by atoms with van der Waals surface area (Å²) in [7, 11) is 2.07. The summed E-state index contributed by atoms with van der Waals surface area (Å²) in [6, 6.07) is 3.99. The van der Waals surface area contributed by atoms with Gasteiger partial charge in [0.15, 0.2) is 0 Å². The van der Waals surface area contributed by atoms with Crippen LogP contribution in [0.25, 0.3) is 0 Å². The van der Waals surface area contributed by atoms with E-state index in [1.165, 1.54) is 0 Å². The second-order valence-electron chi connectivity index (χ2n) is 6.16. The van der Waals surface area contributed by atoms with Crippen LogP contribution in [0.2, 0.25) is 0 Å². The quantitative estimate of drug-likeness (QED) is 0.838. The molecule has 0 aliphatic carbocycles. The molecule has 0 spiro atoms. The minimum absolute atomic E-state index is 0.112. The van der Waals surface area contributed by atoms with Gasteiger partial charge in [-0.3, -0.25) is 14.7 Å². The maximum atomic E-state index is 12.8. The van der Waals surface area contributed by atoms with E-state index in [0.717, 1.165) is 42.9 Å². The number of likely N-dealkylation sites (tertiary alicyclic amines) is 1. The molecule has 24 heavy (non-hydrogen) atoms. The molecule has 126 valence electrons. The number of carbonyl (C=O) groups excluding carboxylic acids is 1. The Morgan fingerprint density at radius 1 is 1.33 bits per heavy atom. The molecular weight excluding hydrogens is 302 g/mol. The van der Waals surface area contributed by atoms with Gasteiger partial charge in [0.2, 0.25) is 0 Å². The summed E-state index contributed by atoms with van der Waals surface area (Å²) in [6.45, 7) is 4.28. The van der Waals surface area contributed by atoms with Gasteiger partial charge in [0.1, 0.15) is 5.82 Å². The van der Waals surface area contributed by atoms with Crippen molar-refractivity contribution in [2.45, 2.75) is 32.4 Å². The van der Waals surface area contributed by atoms with Crippen LogP contribution >= 0.6 is 0 Å². The summed E-state index contributed by atoms with van der Waals surface area (Å²) in [5.74, 6) is 0.924. The number of rotatable bonds is 5.